The third-order valence-electron chi connectivity index (χ3n) is 2.53. The van der Waals surface area contributed by atoms with Gasteiger partial charge in [0.05, 0.1) is 12.7 Å². The summed E-state index contributed by atoms with van der Waals surface area (Å²) in [6, 6.07) is 0. The molecule has 0 atom stereocenters. The molecule has 11 heteroatoms. The van der Waals surface area contributed by atoms with Gasteiger partial charge in [0.25, 0.3) is 0 Å². The van der Waals surface area contributed by atoms with Crippen LogP contribution in [0.1, 0.15) is 19.8 Å². The smallest absolute Gasteiger partial charge is 0.463 e. The van der Waals surface area contributed by atoms with Gasteiger partial charge in [0, 0.05) is 18.8 Å². The minimum absolute atomic E-state index is 0.130. The van der Waals surface area contributed by atoms with Gasteiger partial charge in [0.2, 0.25) is 5.92 Å². The van der Waals surface area contributed by atoms with E-state index in [1.807, 2.05) is 0 Å². The van der Waals surface area contributed by atoms with Crippen molar-refractivity contribution in [3.63, 3.8) is 0 Å². The number of carbonyl (C=O) groups excluding carboxylic acids is 1. The van der Waals surface area contributed by atoms with Gasteiger partial charge in [0.15, 0.2) is 0 Å². The van der Waals surface area contributed by atoms with Gasteiger partial charge in [0.1, 0.15) is 5.76 Å². The summed E-state index contributed by atoms with van der Waals surface area (Å²) in [5, 5.41) is 0. The zero-order valence-electron chi connectivity index (χ0n) is 10.6. The number of esters is 1. The molecular weight excluding hydrogens is 327 g/mol. The molecule has 0 aliphatic heterocycles. The molecule has 0 N–H and O–H groups in total. The number of allylic oxidation sites excluding steroid dienone is 1. The summed E-state index contributed by atoms with van der Waals surface area (Å²) in [5.74, 6) is -6.62. The number of alkyl halides is 5. The van der Waals surface area contributed by atoms with E-state index in [1.54, 1.807) is 0 Å². The van der Waals surface area contributed by atoms with Crippen LogP contribution >= 0.6 is 0 Å². The third-order valence-corrected chi connectivity index (χ3v) is 3.51. The molecule has 1 fully saturated rings. The Morgan fingerprint density at radius 1 is 1.33 bits per heavy atom. The molecule has 1 aliphatic carbocycles. The molecule has 0 amide bonds. The molecule has 0 unspecified atom stereocenters. The zero-order chi connectivity index (χ0) is 16.5. The molecule has 21 heavy (non-hydrogen) atoms. The Hall–Kier alpha value is -1.39. The molecule has 0 spiro atoms. The number of halogens is 5. The van der Waals surface area contributed by atoms with Crippen LogP contribution in [0.3, 0.4) is 0 Å². The Labute approximate surface area is 116 Å². The van der Waals surface area contributed by atoms with E-state index in [2.05, 4.69) is 8.92 Å². The van der Waals surface area contributed by atoms with E-state index in [0.717, 1.165) is 0 Å². The van der Waals surface area contributed by atoms with Gasteiger partial charge in [-0.2, -0.15) is 21.6 Å². The van der Waals surface area contributed by atoms with Crippen LogP contribution in [0.15, 0.2) is 11.8 Å². The van der Waals surface area contributed by atoms with Crippen LogP contribution in [0.4, 0.5) is 22.0 Å². The zero-order valence-corrected chi connectivity index (χ0v) is 11.4. The van der Waals surface area contributed by atoms with Crippen LogP contribution in [0.2, 0.25) is 0 Å². The lowest BCUT2D eigenvalue weighted by Gasteiger charge is -2.35. The van der Waals surface area contributed by atoms with E-state index in [4.69, 9.17) is 0 Å². The monoisotopic (exact) mass is 338 g/mol. The molecule has 1 aliphatic rings. The fraction of sp³-hybridized carbons (Fsp3) is 0.700. The second-order valence-electron chi connectivity index (χ2n) is 4.24. The fourth-order valence-corrected chi connectivity index (χ4v) is 2.08. The predicted octanol–water partition coefficient (Wildman–Crippen LogP) is 2.34. The quantitative estimate of drug-likeness (QED) is 0.192. The first kappa shape index (κ1) is 17.7. The van der Waals surface area contributed by atoms with Crippen LogP contribution in [-0.2, 0) is 23.8 Å². The van der Waals surface area contributed by atoms with Crippen molar-refractivity contribution in [3.8, 4) is 0 Å². The first-order valence-corrected chi connectivity index (χ1v) is 7.06. The summed E-state index contributed by atoms with van der Waals surface area (Å²) in [4.78, 5) is 11.2. The van der Waals surface area contributed by atoms with E-state index in [1.165, 1.54) is 6.92 Å². The average molecular weight is 338 g/mol. The predicted molar refractivity (Wildman–Crippen MR) is 58.4 cm³/mol. The molecule has 0 heterocycles. The number of hydrogen-bond donors (Lipinski definition) is 0. The Bertz CT molecular complexity index is 529. The highest BCUT2D eigenvalue weighted by Gasteiger charge is 2.53. The Morgan fingerprint density at radius 2 is 1.86 bits per heavy atom. The standard InChI is InChI=1S/C10H11F5O5S/c1-2-19-8(16)3-7(6-4-9(11,12)5-6)20-21(17,18)10(13,14)15/h3,6H,2,4-5H2,1H3/b7-3-. The van der Waals surface area contributed by atoms with Crippen molar-refractivity contribution in [2.75, 3.05) is 6.61 Å². The van der Waals surface area contributed by atoms with E-state index in [0.29, 0.717) is 6.08 Å². The third kappa shape index (κ3) is 4.55. The minimum Gasteiger partial charge on any atom is -0.463 e. The highest BCUT2D eigenvalue weighted by atomic mass is 32.2. The highest BCUT2D eigenvalue weighted by Crippen LogP contribution is 2.47. The van der Waals surface area contributed by atoms with Crippen molar-refractivity contribution < 1.29 is 44.1 Å². The topological polar surface area (TPSA) is 69.7 Å². The Morgan fingerprint density at radius 3 is 2.24 bits per heavy atom. The number of hydrogen-bond acceptors (Lipinski definition) is 5. The van der Waals surface area contributed by atoms with E-state index < -0.39 is 52.0 Å². The summed E-state index contributed by atoms with van der Waals surface area (Å²) in [6.07, 6.45) is -1.48. The lowest BCUT2D eigenvalue weighted by atomic mass is 9.80. The summed E-state index contributed by atoms with van der Waals surface area (Å²) in [6.45, 7) is 1.27. The molecular formula is C10H11F5O5S. The lowest BCUT2D eigenvalue weighted by Crippen LogP contribution is -2.38. The minimum atomic E-state index is -6.04. The maximum atomic E-state index is 12.7. The first-order valence-electron chi connectivity index (χ1n) is 5.65. The maximum absolute atomic E-state index is 12.7. The number of ether oxygens (including phenoxy) is 1. The van der Waals surface area contributed by atoms with Crippen LogP contribution in [0.25, 0.3) is 0 Å². The molecule has 0 bridgehead atoms. The number of carbonyl (C=O) groups is 1. The molecule has 5 nitrogen and oxygen atoms in total. The summed E-state index contributed by atoms with van der Waals surface area (Å²) in [7, 11) is -6.04. The highest BCUT2D eigenvalue weighted by molar-refractivity contribution is 7.87. The van der Waals surface area contributed by atoms with E-state index in [-0.39, 0.29) is 6.61 Å². The Balaban J connectivity index is 2.97. The average Bonchev–Trinajstić information content (AvgIpc) is 2.23. The summed E-state index contributed by atoms with van der Waals surface area (Å²) in [5.41, 5.74) is -5.73. The molecule has 1 rings (SSSR count). The largest absolute Gasteiger partial charge is 0.534 e. The van der Waals surface area contributed by atoms with Gasteiger partial charge in [-0.3, -0.25) is 0 Å². The van der Waals surface area contributed by atoms with E-state index in [9.17, 15) is 35.2 Å². The van der Waals surface area contributed by atoms with Gasteiger partial charge in [-0.1, -0.05) is 0 Å². The van der Waals surface area contributed by atoms with Crippen molar-refractivity contribution >= 4 is 16.1 Å². The van der Waals surface area contributed by atoms with Gasteiger partial charge in [-0.15, -0.1) is 0 Å². The van der Waals surface area contributed by atoms with Crippen molar-refractivity contribution in [1.82, 2.24) is 0 Å². The molecule has 1 saturated carbocycles. The second kappa shape index (κ2) is 5.78. The lowest BCUT2D eigenvalue weighted by molar-refractivity contribution is -0.138. The molecule has 0 aromatic carbocycles. The summed E-state index contributed by atoms with van der Waals surface area (Å²) >= 11 is 0. The van der Waals surface area contributed by atoms with Crippen molar-refractivity contribution in [1.29, 1.82) is 0 Å². The molecule has 0 saturated heterocycles. The van der Waals surface area contributed by atoms with Crippen molar-refractivity contribution in [2.24, 2.45) is 5.92 Å². The van der Waals surface area contributed by atoms with Crippen LogP contribution in [0.5, 0.6) is 0 Å². The van der Waals surface area contributed by atoms with Gasteiger partial charge >= 0.3 is 21.6 Å². The fourth-order valence-electron chi connectivity index (χ4n) is 1.55. The van der Waals surface area contributed by atoms with Crippen molar-refractivity contribution in [2.45, 2.75) is 31.2 Å². The van der Waals surface area contributed by atoms with E-state index >= 15 is 0 Å². The van der Waals surface area contributed by atoms with Crippen LogP contribution < -0.4 is 0 Å². The maximum Gasteiger partial charge on any atom is 0.534 e. The van der Waals surface area contributed by atoms with Crippen molar-refractivity contribution in [3.05, 3.63) is 11.8 Å². The molecule has 122 valence electrons. The second-order valence-corrected chi connectivity index (χ2v) is 5.78. The Kier molecular flexibility index (Phi) is 4.86. The summed E-state index contributed by atoms with van der Waals surface area (Å²) < 4.78 is 92.0. The number of rotatable bonds is 5. The normalized spacial score (nSPS) is 19.8. The van der Waals surface area contributed by atoms with Crippen LogP contribution in [-0.4, -0.2) is 32.4 Å². The van der Waals surface area contributed by atoms with Gasteiger partial charge in [-0.05, 0) is 6.92 Å². The van der Waals surface area contributed by atoms with Gasteiger partial charge in [-0.25, -0.2) is 13.6 Å². The molecule has 0 aromatic rings. The first-order chi connectivity index (χ1) is 9.38. The molecule has 0 radical (unpaired) electrons. The SMILES string of the molecule is CCOC(=O)/C=C(\OS(=O)(=O)C(F)(F)F)C1CC(F)(F)C1. The van der Waals surface area contributed by atoms with Gasteiger partial charge < -0.3 is 8.92 Å². The van der Waals surface area contributed by atoms with Crippen LogP contribution in [0, 0.1) is 5.92 Å². The molecule has 0 aromatic heterocycles.